The van der Waals surface area contributed by atoms with Crippen molar-refractivity contribution in [2.75, 3.05) is 5.32 Å². The number of hydrogen-bond acceptors (Lipinski definition) is 6. The van der Waals surface area contributed by atoms with E-state index in [4.69, 9.17) is 4.52 Å². The lowest BCUT2D eigenvalue weighted by molar-refractivity contribution is -0.119. The van der Waals surface area contributed by atoms with E-state index >= 15 is 0 Å². The number of para-hydroxylation sites is 1. The minimum Gasteiger partial charge on any atom is -0.391 e. The van der Waals surface area contributed by atoms with Gasteiger partial charge in [0.05, 0.1) is 6.10 Å². The van der Waals surface area contributed by atoms with Crippen molar-refractivity contribution in [2.24, 2.45) is 10.2 Å². The molecule has 0 aliphatic rings. The van der Waals surface area contributed by atoms with E-state index in [-0.39, 0.29) is 5.82 Å². The molecule has 2 N–H and O–H groups in total. The third kappa shape index (κ3) is 4.22. The number of aryl methyl sites for hydroxylation is 1. The van der Waals surface area contributed by atoms with Crippen LogP contribution in [0.2, 0.25) is 0 Å². The molecule has 1 aromatic heterocycles. The molecule has 0 fully saturated rings. The van der Waals surface area contributed by atoms with Crippen LogP contribution in [-0.4, -0.2) is 28.3 Å². The Balaban J connectivity index is 2.08. The molecule has 0 aliphatic carbocycles. The zero-order valence-electron chi connectivity index (χ0n) is 11.7. The fourth-order valence-corrected chi connectivity index (χ4v) is 1.63. The first kappa shape index (κ1) is 14.9. The van der Waals surface area contributed by atoms with Crippen molar-refractivity contribution in [3.05, 3.63) is 42.2 Å². The molecule has 0 radical (unpaired) electrons. The van der Waals surface area contributed by atoms with Crippen LogP contribution in [0.25, 0.3) is 0 Å². The summed E-state index contributed by atoms with van der Waals surface area (Å²) in [4.78, 5) is 12.1. The van der Waals surface area contributed by atoms with Gasteiger partial charge in [0.2, 0.25) is 5.82 Å². The fourth-order valence-electron chi connectivity index (χ4n) is 1.63. The number of amides is 1. The summed E-state index contributed by atoms with van der Waals surface area (Å²) in [6, 6.07) is 9.48. The van der Waals surface area contributed by atoms with E-state index in [0.717, 1.165) is 0 Å². The minimum absolute atomic E-state index is 0.255. The maximum absolute atomic E-state index is 12.1. The third-order valence-corrected chi connectivity index (χ3v) is 2.67. The van der Waals surface area contributed by atoms with Crippen molar-refractivity contribution >= 4 is 17.4 Å². The van der Waals surface area contributed by atoms with Crippen LogP contribution in [0.4, 0.5) is 11.5 Å². The molecule has 110 valence electrons. The fraction of sp³-hybridized carbons (Fsp3) is 0.286. The Morgan fingerprint density at radius 3 is 2.67 bits per heavy atom. The van der Waals surface area contributed by atoms with Gasteiger partial charge in [-0.2, -0.15) is 5.11 Å². The molecule has 2 unspecified atom stereocenters. The number of anilines is 1. The standard InChI is InChI=1S/C14H16N4O3/c1-9-8-12(18-21-9)16-17-13(10(2)19)14(20)15-11-6-4-3-5-7-11/h3-8,10,13,19H,1-2H3,(H,15,20). The van der Waals surface area contributed by atoms with Gasteiger partial charge in [-0.1, -0.05) is 23.4 Å². The Bertz CT molecular complexity index is 622. The van der Waals surface area contributed by atoms with E-state index in [0.29, 0.717) is 11.4 Å². The molecule has 21 heavy (non-hydrogen) atoms. The molecule has 1 heterocycles. The number of azo groups is 1. The third-order valence-electron chi connectivity index (χ3n) is 2.67. The highest BCUT2D eigenvalue weighted by Crippen LogP contribution is 2.14. The van der Waals surface area contributed by atoms with E-state index in [1.54, 1.807) is 37.3 Å². The van der Waals surface area contributed by atoms with Crippen LogP contribution >= 0.6 is 0 Å². The molecule has 1 aromatic carbocycles. The molecule has 7 nitrogen and oxygen atoms in total. The molecule has 2 atom stereocenters. The number of carbonyl (C=O) groups excluding carboxylic acids is 1. The van der Waals surface area contributed by atoms with Crippen molar-refractivity contribution in [1.82, 2.24) is 5.16 Å². The predicted octanol–water partition coefficient (Wildman–Crippen LogP) is 2.45. The van der Waals surface area contributed by atoms with Crippen LogP contribution in [0.5, 0.6) is 0 Å². The summed E-state index contributed by atoms with van der Waals surface area (Å²) in [5.41, 5.74) is 0.626. The molecule has 2 rings (SSSR count). The maximum atomic E-state index is 12.1. The Hall–Kier alpha value is -2.54. The van der Waals surface area contributed by atoms with Gasteiger partial charge in [0, 0.05) is 11.8 Å². The second-order valence-corrected chi connectivity index (χ2v) is 4.55. The topological polar surface area (TPSA) is 100 Å². The number of aliphatic hydroxyl groups is 1. The molecule has 0 bridgehead atoms. The van der Waals surface area contributed by atoms with Crippen molar-refractivity contribution < 1.29 is 14.4 Å². The Kier molecular flexibility index (Phi) is 4.78. The number of nitrogens with zero attached hydrogens (tertiary/aromatic N) is 3. The van der Waals surface area contributed by atoms with Gasteiger partial charge < -0.3 is 14.9 Å². The summed E-state index contributed by atoms with van der Waals surface area (Å²) in [6.07, 6.45) is -0.981. The van der Waals surface area contributed by atoms with E-state index in [2.05, 4.69) is 20.7 Å². The monoisotopic (exact) mass is 288 g/mol. The van der Waals surface area contributed by atoms with E-state index in [1.165, 1.54) is 6.92 Å². The number of hydrogen-bond donors (Lipinski definition) is 2. The number of carbonyl (C=O) groups is 1. The number of aliphatic hydroxyl groups excluding tert-OH is 1. The lowest BCUT2D eigenvalue weighted by Gasteiger charge is -2.14. The predicted molar refractivity (Wildman–Crippen MR) is 76.3 cm³/mol. The summed E-state index contributed by atoms with van der Waals surface area (Å²) < 4.78 is 4.85. The lowest BCUT2D eigenvalue weighted by atomic mass is 10.2. The highest BCUT2D eigenvalue weighted by molar-refractivity contribution is 5.95. The van der Waals surface area contributed by atoms with Gasteiger partial charge in [0.15, 0.2) is 6.04 Å². The molecule has 7 heteroatoms. The highest BCUT2D eigenvalue weighted by Gasteiger charge is 2.23. The first-order valence-corrected chi connectivity index (χ1v) is 6.44. The lowest BCUT2D eigenvalue weighted by Crippen LogP contribution is -2.34. The number of nitrogens with one attached hydrogen (secondary N) is 1. The second kappa shape index (κ2) is 6.76. The van der Waals surface area contributed by atoms with Crippen LogP contribution in [0.1, 0.15) is 12.7 Å². The van der Waals surface area contributed by atoms with Crippen molar-refractivity contribution in [1.29, 1.82) is 0 Å². The van der Waals surface area contributed by atoms with Gasteiger partial charge in [-0.05, 0) is 26.0 Å². The number of benzene rings is 1. The first-order chi connectivity index (χ1) is 10.1. The van der Waals surface area contributed by atoms with E-state index in [9.17, 15) is 9.90 Å². The minimum atomic E-state index is -1.03. The van der Waals surface area contributed by atoms with Crippen molar-refractivity contribution in [2.45, 2.75) is 26.0 Å². The molecule has 0 saturated carbocycles. The zero-order valence-corrected chi connectivity index (χ0v) is 11.7. The smallest absolute Gasteiger partial charge is 0.253 e. The highest BCUT2D eigenvalue weighted by atomic mass is 16.5. The number of aromatic nitrogens is 1. The van der Waals surface area contributed by atoms with Crippen LogP contribution < -0.4 is 5.32 Å². The Morgan fingerprint density at radius 1 is 1.38 bits per heavy atom. The van der Waals surface area contributed by atoms with Crippen molar-refractivity contribution in [3.63, 3.8) is 0 Å². The summed E-state index contributed by atoms with van der Waals surface area (Å²) in [6.45, 7) is 3.20. The van der Waals surface area contributed by atoms with Crippen LogP contribution in [0.15, 0.2) is 51.1 Å². The maximum Gasteiger partial charge on any atom is 0.253 e. The van der Waals surface area contributed by atoms with Crippen LogP contribution in [-0.2, 0) is 4.79 Å². The van der Waals surface area contributed by atoms with Crippen molar-refractivity contribution in [3.8, 4) is 0 Å². The van der Waals surface area contributed by atoms with Gasteiger partial charge >= 0.3 is 0 Å². The Morgan fingerprint density at radius 2 is 2.10 bits per heavy atom. The summed E-state index contributed by atoms with van der Waals surface area (Å²) >= 11 is 0. The molecule has 0 aliphatic heterocycles. The number of rotatable bonds is 5. The van der Waals surface area contributed by atoms with Gasteiger partial charge in [-0.3, -0.25) is 4.79 Å². The van der Waals surface area contributed by atoms with Gasteiger partial charge in [0.25, 0.3) is 5.91 Å². The molecule has 0 spiro atoms. The SMILES string of the molecule is Cc1cc(N=NC(C(=O)Nc2ccccc2)C(C)O)no1. The molecule has 2 aromatic rings. The molecular formula is C14H16N4O3. The average Bonchev–Trinajstić information content (AvgIpc) is 2.85. The second-order valence-electron chi connectivity index (χ2n) is 4.55. The first-order valence-electron chi connectivity index (χ1n) is 6.44. The van der Waals surface area contributed by atoms with Crippen LogP contribution in [0, 0.1) is 6.92 Å². The quantitative estimate of drug-likeness (QED) is 0.825. The van der Waals surface area contributed by atoms with Gasteiger partial charge in [0.1, 0.15) is 5.76 Å². The van der Waals surface area contributed by atoms with Gasteiger partial charge in [-0.15, -0.1) is 5.11 Å². The molecule has 0 saturated heterocycles. The van der Waals surface area contributed by atoms with E-state index in [1.807, 2.05) is 6.07 Å². The molecular weight excluding hydrogens is 272 g/mol. The summed E-state index contributed by atoms with van der Waals surface area (Å²) in [7, 11) is 0. The normalized spacial score (nSPS) is 14.0. The largest absolute Gasteiger partial charge is 0.391 e. The zero-order chi connectivity index (χ0) is 15.2. The van der Waals surface area contributed by atoms with Crippen LogP contribution in [0.3, 0.4) is 0 Å². The van der Waals surface area contributed by atoms with Gasteiger partial charge in [-0.25, -0.2) is 0 Å². The van der Waals surface area contributed by atoms with E-state index < -0.39 is 18.1 Å². The average molecular weight is 288 g/mol. The molecule has 1 amide bonds. The summed E-state index contributed by atoms with van der Waals surface area (Å²) in [5, 5.41) is 23.6. The summed E-state index contributed by atoms with van der Waals surface area (Å²) in [5.74, 6) is 0.400. The Labute approximate surface area is 121 Å².